The van der Waals surface area contributed by atoms with Crippen LogP contribution in [0.3, 0.4) is 0 Å². The summed E-state index contributed by atoms with van der Waals surface area (Å²) in [6.07, 6.45) is 1.55. The lowest BCUT2D eigenvalue weighted by Gasteiger charge is -1.98. The van der Waals surface area contributed by atoms with Crippen LogP contribution in [-0.4, -0.2) is 14.6 Å². The van der Waals surface area contributed by atoms with E-state index >= 15 is 0 Å². The summed E-state index contributed by atoms with van der Waals surface area (Å²) in [5.74, 6) is -0.389. The van der Waals surface area contributed by atoms with Crippen molar-refractivity contribution in [1.82, 2.24) is 14.6 Å². The van der Waals surface area contributed by atoms with Crippen LogP contribution in [0.5, 0.6) is 0 Å². The predicted molar refractivity (Wildman–Crippen MR) is 94.0 cm³/mol. The summed E-state index contributed by atoms with van der Waals surface area (Å²) in [5.41, 5.74) is 0.370. The molecule has 0 aliphatic carbocycles. The highest BCUT2D eigenvalue weighted by Gasteiger charge is 2.12. The zero-order valence-corrected chi connectivity index (χ0v) is 13.5. The molecule has 2 heterocycles. The summed E-state index contributed by atoms with van der Waals surface area (Å²) < 4.78 is 14.7. The molecule has 4 rings (SSSR count). The van der Waals surface area contributed by atoms with Gasteiger partial charge in [0, 0.05) is 5.56 Å². The Morgan fingerprint density at radius 2 is 1.84 bits per heavy atom. The molecule has 0 unspecified atom stereocenters. The molecule has 0 amide bonds. The van der Waals surface area contributed by atoms with Crippen molar-refractivity contribution in [3.63, 3.8) is 0 Å². The minimum absolute atomic E-state index is 0.116. The minimum Gasteiger partial charge on any atom is -0.266 e. The van der Waals surface area contributed by atoms with E-state index in [9.17, 15) is 14.0 Å². The van der Waals surface area contributed by atoms with Gasteiger partial charge in [-0.3, -0.25) is 9.59 Å². The predicted octanol–water partition coefficient (Wildman–Crippen LogP) is 1.86. The average Bonchev–Trinajstić information content (AvgIpc) is 2.90. The van der Waals surface area contributed by atoms with Crippen molar-refractivity contribution < 1.29 is 4.39 Å². The Labute approximate surface area is 144 Å². The van der Waals surface area contributed by atoms with E-state index in [0.717, 1.165) is 15.9 Å². The summed E-state index contributed by atoms with van der Waals surface area (Å²) >= 11 is 1.04. The fourth-order valence-corrected chi connectivity index (χ4v) is 3.34. The van der Waals surface area contributed by atoms with Gasteiger partial charge in [0.25, 0.3) is 5.56 Å². The number of halogens is 1. The van der Waals surface area contributed by atoms with E-state index in [2.05, 4.69) is 10.1 Å². The van der Waals surface area contributed by atoms with Gasteiger partial charge < -0.3 is 0 Å². The second-order valence-corrected chi connectivity index (χ2v) is 6.31. The first kappa shape index (κ1) is 15.3. The van der Waals surface area contributed by atoms with Crippen molar-refractivity contribution in [2.24, 2.45) is 0 Å². The molecule has 0 radical (unpaired) electrons. The maximum atomic E-state index is 13.3. The fourth-order valence-electron chi connectivity index (χ4n) is 2.43. The Kier molecular flexibility index (Phi) is 3.70. The summed E-state index contributed by atoms with van der Waals surface area (Å²) in [7, 11) is 0. The Hall–Kier alpha value is -3.19. The van der Waals surface area contributed by atoms with Gasteiger partial charge in [-0.1, -0.05) is 53.8 Å². The number of benzene rings is 2. The van der Waals surface area contributed by atoms with Gasteiger partial charge in [0.05, 0.1) is 4.53 Å². The fraction of sp³-hybridized carbons (Fsp3) is 0. The Morgan fingerprint density at radius 3 is 2.60 bits per heavy atom. The van der Waals surface area contributed by atoms with Gasteiger partial charge >= 0.3 is 5.56 Å². The molecule has 0 aliphatic heterocycles. The van der Waals surface area contributed by atoms with Gasteiger partial charge in [-0.05, 0) is 23.8 Å². The zero-order chi connectivity index (χ0) is 17.4. The van der Waals surface area contributed by atoms with Crippen molar-refractivity contribution in [2.45, 2.75) is 0 Å². The van der Waals surface area contributed by atoms with Crippen molar-refractivity contribution >= 4 is 22.4 Å². The Bertz CT molecular complexity index is 1250. The second kappa shape index (κ2) is 6.03. The largest absolute Gasteiger partial charge is 0.300 e. The van der Waals surface area contributed by atoms with Crippen LogP contribution in [0.4, 0.5) is 4.39 Å². The number of hydrogen-bond donors (Lipinski definition) is 0. The van der Waals surface area contributed by atoms with Gasteiger partial charge in [0.1, 0.15) is 5.82 Å². The average molecular weight is 351 g/mol. The highest BCUT2D eigenvalue weighted by atomic mass is 32.1. The standard InChI is InChI=1S/C18H10FN3O2S/c19-13-8-4-5-11(9-13)10-14-17(24)22-18(25-14)20-16(23)15(21-22)12-6-2-1-3-7-12/h1-10H. The van der Waals surface area contributed by atoms with Crippen LogP contribution in [-0.2, 0) is 0 Å². The molecule has 0 bridgehead atoms. The number of fused-ring (bicyclic) bond motifs is 1. The molecule has 0 saturated heterocycles. The highest BCUT2D eigenvalue weighted by Crippen LogP contribution is 2.11. The monoisotopic (exact) mass is 351 g/mol. The molecule has 5 nitrogen and oxygen atoms in total. The van der Waals surface area contributed by atoms with Gasteiger partial charge in [-0.25, -0.2) is 4.39 Å². The third kappa shape index (κ3) is 2.85. The lowest BCUT2D eigenvalue weighted by atomic mass is 10.2. The molecule has 0 aliphatic rings. The molecular weight excluding hydrogens is 341 g/mol. The summed E-state index contributed by atoms with van der Waals surface area (Å²) in [4.78, 5) is 28.9. The van der Waals surface area contributed by atoms with Crippen molar-refractivity contribution in [2.75, 3.05) is 0 Å². The summed E-state index contributed by atoms with van der Waals surface area (Å²) in [6.45, 7) is 0. The van der Waals surface area contributed by atoms with Crippen molar-refractivity contribution in [3.05, 3.63) is 91.2 Å². The van der Waals surface area contributed by atoms with E-state index in [1.807, 2.05) is 6.07 Å². The highest BCUT2D eigenvalue weighted by molar-refractivity contribution is 7.15. The van der Waals surface area contributed by atoms with E-state index in [1.165, 1.54) is 12.1 Å². The second-order valence-electron chi connectivity index (χ2n) is 5.30. The minimum atomic E-state index is -0.496. The Balaban J connectivity index is 1.95. The van der Waals surface area contributed by atoms with Gasteiger partial charge in [0.2, 0.25) is 4.96 Å². The van der Waals surface area contributed by atoms with E-state index in [1.54, 1.807) is 42.5 Å². The number of thiazole rings is 1. The molecule has 0 fully saturated rings. The van der Waals surface area contributed by atoms with E-state index < -0.39 is 11.1 Å². The van der Waals surface area contributed by atoms with Crippen LogP contribution in [0.15, 0.2) is 64.2 Å². The molecule has 2 aromatic heterocycles. The number of aromatic nitrogens is 3. The lowest BCUT2D eigenvalue weighted by Crippen LogP contribution is -2.26. The third-order valence-electron chi connectivity index (χ3n) is 3.58. The number of rotatable bonds is 2. The molecule has 0 atom stereocenters. The number of hydrogen-bond acceptors (Lipinski definition) is 5. The van der Waals surface area contributed by atoms with Crippen LogP contribution in [0, 0.1) is 5.82 Å². The van der Waals surface area contributed by atoms with E-state index in [0.29, 0.717) is 15.7 Å². The quantitative estimate of drug-likeness (QED) is 0.553. The molecule has 0 N–H and O–H groups in total. The maximum absolute atomic E-state index is 13.3. The molecule has 25 heavy (non-hydrogen) atoms. The van der Waals surface area contributed by atoms with Gasteiger partial charge in [-0.2, -0.15) is 14.6 Å². The molecule has 4 aromatic rings. The molecule has 122 valence electrons. The summed E-state index contributed by atoms with van der Waals surface area (Å²) in [5, 5.41) is 4.17. The summed E-state index contributed by atoms with van der Waals surface area (Å²) in [6, 6.07) is 14.7. The normalized spacial score (nSPS) is 12.0. The third-order valence-corrected chi connectivity index (χ3v) is 4.54. The van der Waals surface area contributed by atoms with Crippen LogP contribution in [0.1, 0.15) is 5.56 Å². The molecule has 0 saturated carbocycles. The van der Waals surface area contributed by atoms with Gasteiger partial charge in [0.15, 0.2) is 5.69 Å². The van der Waals surface area contributed by atoms with Gasteiger partial charge in [-0.15, -0.1) is 0 Å². The van der Waals surface area contributed by atoms with E-state index in [-0.39, 0.29) is 16.5 Å². The van der Waals surface area contributed by atoms with Crippen molar-refractivity contribution in [1.29, 1.82) is 0 Å². The zero-order valence-electron chi connectivity index (χ0n) is 12.7. The lowest BCUT2D eigenvalue weighted by molar-refractivity contribution is 0.627. The first-order valence-electron chi connectivity index (χ1n) is 7.38. The van der Waals surface area contributed by atoms with Crippen molar-refractivity contribution in [3.8, 4) is 11.3 Å². The SMILES string of the molecule is O=c1nc2sc(=Cc3cccc(F)c3)c(=O)n2nc1-c1ccccc1. The first-order chi connectivity index (χ1) is 12.1. The molecule has 7 heteroatoms. The van der Waals surface area contributed by atoms with Crippen LogP contribution in [0.25, 0.3) is 22.3 Å². The Morgan fingerprint density at radius 1 is 1.04 bits per heavy atom. The first-order valence-corrected chi connectivity index (χ1v) is 8.20. The molecular formula is C18H10FN3O2S. The van der Waals surface area contributed by atoms with E-state index in [4.69, 9.17) is 0 Å². The number of nitrogens with zero attached hydrogens (tertiary/aromatic N) is 3. The van der Waals surface area contributed by atoms with Crippen LogP contribution >= 0.6 is 11.3 Å². The molecule has 0 spiro atoms. The van der Waals surface area contributed by atoms with Crippen LogP contribution < -0.4 is 15.7 Å². The smallest absolute Gasteiger partial charge is 0.266 e. The van der Waals surface area contributed by atoms with Crippen LogP contribution in [0.2, 0.25) is 0 Å². The topological polar surface area (TPSA) is 64.3 Å². The molecule has 2 aromatic carbocycles. The maximum Gasteiger partial charge on any atom is 0.300 e.